The molecule has 0 aliphatic carbocycles. The second-order valence-corrected chi connectivity index (χ2v) is 6.00. The van der Waals surface area contributed by atoms with Crippen LogP contribution >= 0.6 is 0 Å². The Kier molecular flexibility index (Phi) is 3.21. The van der Waals surface area contributed by atoms with E-state index in [1.165, 1.54) is 24.4 Å². The lowest BCUT2D eigenvalue weighted by Gasteiger charge is -2.12. The van der Waals surface area contributed by atoms with Crippen molar-refractivity contribution < 1.29 is 25.8 Å². The largest absolute Gasteiger partial charge is 0.416 e. The van der Waals surface area contributed by atoms with Crippen LogP contribution in [-0.4, -0.2) is 13.4 Å². The minimum Gasteiger partial charge on any atom is -0.358 e. The van der Waals surface area contributed by atoms with Gasteiger partial charge in [-0.05, 0) is 29.8 Å². The molecule has 0 fully saturated rings. The molecule has 0 bridgehead atoms. The summed E-state index contributed by atoms with van der Waals surface area (Å²) in [5, 5.41) is 0.896. The second-order valence-electron chi connectivity index (χ2n) is 4.57. The lowest BCUT2D eigenvalue weighted by atomic mass is 10.0. The number of alkyl halides is 3. The summed E-state index contributed by atoms with van der Waals surface area (Å²) in [6.07, 6.45) is -1.72. The molecule has 1 aliphatic heterocycles. The van der Waals surface area contributed by atoms with Crippen molar-refractivity contribution in [2.75, 3.05) is 0 Å². The SMILES string of the molecule is O=S1(=O)C=Cc2cc(-c3ccc(C(F)(F)F)cc3)cnc2O1. The average molecular weight is 327 g/mol. The minimum absolute atomic E-state index is 0.0573. The van der Waals surface area contributed by atoms with Crippen molar-refractivity contribution in [3.8, 4) is 17.0 Å². The number of pyridine rings is 1. The van der Waals surface area contributed by atoms with Gasteiger partial charge in [0.1, 0.15) is 0 Å². The zero-order valence-corrected chi connectivity index (χ0v) is 11.6. The number of hydrogen-bond acceptors (Lipinski definition) is 4. The second kappa shape index (κ2) is 4.84. The molecule has 1 aliphatic rings. The van der Waals surface area contributed by atoms with Gasteiger partial charge in [-0.3, -0.25) is 0 Å². The molecule has 22 heavy (non-hydrogen) atoms. The summed E-state index contributed by atoms with van der Waals surface area (Å²) in [4.78, 5) is 3.89. The first kappa shape index (κ1) is 14.6. The molecule has 0 saturated carbocycles. The van der Waals surface area contributed by atoms with Gasteiger partial charge >= 0.3 is 16.3 Å². The molecule has 1 aromatic carbocycles. The van der Waals surface area contributed by atoms with E-state index in [0.29, 0.717) is 16.7 Å². The van der Waals surface area contributed by atoms with Crippen molar-refractivity contribution in [2.45, 2.75) is 6.18 Å². The third kappa shape index (κ3) is 2.82. The maximum absolute atomic E-state index is 12.5. The van der Waals surface area contributed by atoms with E-state index in [2.05, 4.69) is 4.98 Å². The van der Waals surface area contributed by atoms with Crippen LogP contribution < -0.4 is 4.18 Å². The lowest BCUT2D eigenvalue weighted by Crippen LogP contribution is -2.10. The normalized spacial score (nSPS) is 16.0. The van der Waals surface area contributed by atoms with E-state index in [9.17, 15) is 21.6 Å². The van der Waals surface area contributed by atoms with E-state index in [-0.39, 0.29) is 5.88 Å². The van der Waals surface area contributed by atoms with Gasteiger partial charge < -0.3 is 4.18 Å². The highest BCUT2D eigenvalue weighted by Gasteiger charge is 2.30. The summed E-state index contributed by atoms with van der Waals surface area (Å²) in [6, 6.07) is 6.21. The first-order chi connectivity index (χ1) is 10.2. The van der Waals surface area contributed by atoms with E-state index in [4.69, 9.17) is 4.18 Å². The quantitative estimate of drug-likeness (QED) is 0.753. The third-order valence-electron chi connectivity index (χ3n) is 3.03. The molecule has 0 unspecified atom stereocenters. The molecule has 1 aromatic heterocycles. The summed E-state index contributed by atoms with van der Waals surface area (Å²) >= 11 is 0. The molecule has 4 nitrogen and oxygen atoms in total. The number of hydrogen-bond donors (Lipinski definition) is 0. The predicted molar refractivity (Wildman–Crippen MR) is 73.3 cm³/mol. The number of benzene rings is 1. The Hall–Kier alpha value is -2.35. The highest BCUT2D eigenvalue weighted by atomic mass is 32.2. The molecule has 0 N–H and O–H groups in total. The first-order valence-corrected chi connectivity index (χ1v) is 7.52. The van der Waals surface area contributed by atoms with Crippen LogP contribution in [0.25, 0.3) is 17.2 Å². The molecular weight excluding hydrogens is 319 g/mol. The Bertz CT molecular complexity index is 856. The van der Waals surface area contributed by atoms with Gasteiger partial charge in [0.25, 0.3) is 0 Å². The zero-order chi connectivity index (χ0) is 16.0. The molecule has 0 radical (unpaired) electrons. The van der Waals surface area contributed by atoms with Crippen molar-refractivity contribution in [3.05, 3.63) is 53.1 Å². The van der Waals surface area contributed by atoms with Crippen LogP contribution in [0.5, 0.6) is 5.88 Å². The van der Waals surface area contributed by atoms with E-state index in [0.717, 1.165) is 17.5 Å². The molecule has 2 aromatic rings. The van der Waals surface area contributed by atoms with E-state index >= 15 is 0 Å². The highest BCUT2D eigenvalue weighted by molar-refractivity contribution is 7.90. The number of aromatic nitrogens is 1. The standard InChI is InChI=1S/C14H8F3NO3S/c15-14(16,17)12-3-1-9(2-4-12)11-7-10-5-6-22(19,20)21-13(10)18-8-11/h1-8H. The van der Waals surface area contributed by atoms with Gasteiger partial charge in [-0.25, -0.2) is 4.98 Å². The van der Waals surface area contributed by atoms with Crippen LogP contribution in [0.3, 0.4) is 0 Å². The number of fused-ring (bicyclic) bond motifs is 1. The molecule has 0 saturated heterocycles. The van der Waals surface area contributed by atoms with Crippen LogP contribution in [0.2, 0.25) is 0 Å². The number of rotatable bonds is 1. The minimum atomic E-state index is -4.39. The summed E-state index contributed by atoms with van der Waals surface area (Å²) in [5.41, 5.74) is 0.786. The smallest absolute Gasteiger partial charge is 0.358 e. The van der Waals surface area contributed by atoms with Crippen LogP contribution in [0, 0.1) is 0 Å². The molecule has 0 atom stereocenters. The molecule has 2 heterocycles. The predicted octanol–water partition coefficient (Wildman–Crippen LogP) is 3.46. The van der Waals surface area contributed by atoms with E-state index in [1.807, 2.05) is 0 Å². The summed E-state index contributed by atoms with van der Waals surface area (Å²) in [7, 11) is -3.76. The van der Waals surface area contributed by atoms with E-state index < -0.39 is 21.9 Å². The van der Waals surface area contributed by atoms with Gasteiger partial charge in [0, 0.05) is 17.3 Å². The van der Waals surface area contributed by atoms with Gasteiger partial charge in [-0.15, -0.1) is 0 Å². The Labute approximate surface area is 124 Å². The van der Waals surface area contributed by atoms with Crippen LogP contribution in [-0.2, 0) is 16.3 Å². The topological polar surface area (TPSA) is 56.3 Å². The lowest BCUT2D eigenvalue weighted by molar-refractivity contribution is -0.137. The Balaban J connectivity index is 1.97. The van der Waals surface area contributed by atoms with E-state index in [1.54, 1.807) is 6.07 Å². The Morgan fingerprint density at radius 2 is 1.73 bits per heavy atom. The van der Waals surface area contributed by atoms with Crippen LogP contribution in [0.15, 0.2) is 41.9 Å². The van der Waals surface area contributed by atoms with Gasteiger partial charge in [0.05, 0.1) is 11.0 Å². The fourth-order valence-electron chi connectivity index (χ4n) is 1.96. The maximum atomic E-state index is 12.5. The monoisotopic (exact) mass is 327 g/mol. The first-order valence-electron chi connectivity index (χ1n) is 6.05. The van der Waals surface area contributed by atoms with Crippen molar-refractivity contribution >= 4 is 16.2 Å². The zero-order valence-electron chi connectivity index (χ0n) is 10.8. The fraction of sp³-hybridized carbons (Fsp3) is 0.0714. The third-order valence-corrected chi connectivity index (χ3v) is 3.89. The molecule has 3 rings (SSSR count). The number of nitrogens with zero attached hydrogens (tertiary/aromatic N) is 1. The average Bonchev–Trinajstić information content (AvgIpc) is 2.45. The fourth-order valence-corrected chi connectivity index (χ4v) is 2.69. The van der Waals surface area contributed by atoms with Crippen molar-refractivity contribution in [1.82, 2.24) is 4.98 Å². The van der Waals surface area contributed by atoms with Crippen molar-refractivity contribution in [3.63, 3.8) is 0 Å². The molecule has 0 spiro atoms. The molecule has 8 heteroatoms. The van der Waals surface area contributed by atoms with Gasteiger partial charge in [-0.1, -0.05) is 12.1 Å². The summed E-state index contributed by atoms with van der Waals surface area (Å²) in [6.45, 7) is 0. The van der Waals surface area contributed by atoms with Crippen LogP contribution in [0.1, 0.15) is 11.1 Å². The molecular formula is C14H8F3NO3S. The maximum Gasteiger partial charge on any atom is 0.416 e. The molecule has 0 amide bonds. The van der Waals surface area contributed by atoms with Gasteiger partial charge in [-0.2, -0.15) is 21.6 Å². The van der Waals surface area contributed by atoms with Crippen molar-refractivity contribution in [1.29, 1.82) is 0 Å². The van der Waals surface area contributed by atoms with Gasteiger partial charge in [0.2, 0.25) is 5.88 Å². The Morgan fingerprint density at radius 1 is 1.05 bits per heavy atom. The molecule has 114 valence electrons. The van der Waals surface area contributed by atoms with Crippen molar-refractivity contribution in [2.24, 2.45) is 0 Å². The van der Waals surface area contributed by atoms with Gasteiger partial charge in [0.15, 0.2) is 0 Å². The van der Waals surface area contributed by atoms with Crippen LogP contribution in [0.4, 0.5) is 13.2 Å². The summed E-state index contributed by atoms with van der Waals surface area (Å²) < 4.78 is 64.8. The highest BCUT2D eigenvalue weighted by Crippen LogP contribution is 2.32. The number of halogens is 3. The summed E-state index contributed by atoms with van der Waals surface area (Å²) in [5.74, 6) is -0.0573. The Morgan fingerprint density at radius 3 is 2.36 bits per heavy atom.